The third kappa shape index (κ3) is 5.97. The van der Waals surface area contributed by atoms with E-state index in [1.54, 1.807) is 6.07 Å². The summed E-state index contributed by atoms with van der Waals surface area (Å²) in [5.74, 6) is -1.76. The number of nitrogens with two attached hydrogens (primary N) is 2. The normalized spacial score (nSPS) is 11.5. The fourth-order valence-corrected chi connectivity index (χ4v) is 5.15. The van der Waals surface area contributed by atoms with Gasteiger partial charge >= 0.3 is 0 Å². The van der Waals surface area contributed by atoms with Gasteiger partial charge in [0.25, 0.3) is 11.8 Å². The van der Waals surface area contributed by atoms with Crippen LogP contribution in [0.5, 0.6) is 0 Å². The lowest BCUT2D eigenvalue weighted by Crippen LogP contribution is -2.44. The van der Waals surface area contributed by atoms with Crippen molar-refractivity contribution in [1.29, 1.82) is 0 Å². The zero-order valence-electron chi connectivity index (χ0n) is 22.6. The molecule has 5 N–H and O–H groups in total. The quantitative estimate of drug-likeness (QED) is 0.269. The third-order valence-electron chi connectivity index (χ3n) is 6.55. The van der Waals surface area contributed by atoms with E-state index < -0.39 is 17.9 Å². The first-order valence-corrected chi connectivity index (χ1v) is 13.6. The van der Waals surface area contributed by atoms with E-state index >= 15 is 0 Å². The summed E-state index contributed by atoms with van der Waals surface area (Å²) in [5.41, 5.74) is 15.2. The van der Waals surface area contributed by atoms with Crippen molar-refractivity contribution in [3.05, 3.63) is 106 Å². The van der Waals surface area contributed by atoms with Crippen molar-refractivity contribution in [2.45, 2.75) is 25.9 Å². The van der Waals surface area contributed by atoms with Crippen LogP contribution in [0, 0.1) is 0 Å². The Hall–Kier alpha value is -4.70. The number of para-hydroxylation sites is 1. The van der Waals surface area contributed by atoms with Crippen LogP contribution in [0.4, 0.5) is 17.1 Å². The Labute approximate surface area is 237 Å². The zero-order chi connectivity index (χ0) is 28.8. The van der Waals surface area contributed by atoms with Crippen molar-refractivity contribution in [2.75, 3.05) is 29.6 Å². The molecule has 0 bridgehead atoms. The average molecular weight is 557 g/mol. The first kappa shape index (κ1) is 28.3. The minimum atomic E-state index is -1.06. The van der Waals surface area contributed by atoms with Crippen LogP contribution >= 0.6 is 11.5 Å². The molecule has 206 valence electrons. The predicted molar refractivity (Wildman–Crippen MR) is 159 cm³/mol. The fourth-order valence-electron chi connectivity index (χ4n) is 4.40. The number of carbonyl (C=O) groups excluding carboxylic acids is 3. The maximum atomic E-state index is 14.3. The van der Waals surface area contributed by atoms with Crippen LogP contribution in [0.1, 0.15) is 49.8 Å². The maximum absolute atomic E-state index is 14.3. The van der Waals surface area contributed by atoms with Crippen LogP contribution in [-0.4, -0.2) is 36.2 Å². The number of aromatic nitrogens is 1. The molecule has 1 atom stereocenters. The molecule has 3 aromatic carbocycles. The number of hydrogen-bond donors (Lipinski definition) is 3. The van der Waals surface area contributed by atoms with Gasteiger partial charge in [-0.15, -0.1) is 0 Å². The number of carbonyl (C=O) groups is 3. The predicted octanol–water partition coefficient (Wildman–Crippen LogP) is 4.16. The number of nitrogen functional groups attached to an aromatic ring is 1. The van der Waals surface area contributed by atoms with Crippen molar-refractivity contribution in [3.8, 4) is 0 Å². The number of benzene rings is 3. The summed E-state index contributed by atoms with van der Waals surface area (Å²) in [6.07, 6.45) is 0.614. The van der Waals surface area contributed by atoms with Crippen LogP contribution in [0.2, 0.25) is 0 Å². The van der Waals surface area contributed by atoms with Gasteiger partial charge in [0.15, 0.2) is 5.69 Å². The second-order valence-corrected chi connectivity index (χ2v) is 10.2. The largest absolute Gasteiger partial charge is 0.395 e. The Morgan fingerprint density at radius 1 is 0.950 bits per heavy atom. The Bertz CT molecular complexity index is 1500. The van der Waals surface area contributed by atoms with Gasteiger partial charge in [0.05, 0.1) is 5.69 Å². The molecule has 0 radical (unpaired) electrons. The molecule has 40 heavy (non-hydrogen) atoms. The van der Waals surface area contributed by atoms with E-state index in [0.717, 1.165) is 28.3 Å². The summed E-state index contributed by atoms with van der Waals surface area (Å²) in [4.78, 5) is 43.7. The summed E-state index contributed by atoms with van der Waals surface area (Å²) < 4.78 is 4.03. The second kappa shape index (κ2) is 12.4. The van der Waals surface area contributed by atoms with Gasteiger partial charge in [0.1, 0.15) is 10.9 Å². The van der Waals surface area contributed by atoms with E-state index in [2.05, 4.69) is 9.69 Å². The van der Waals surface area contributed by atoms with Gasteiger partial charge in [0, 0.05) is 32.0 Å². The standard InChI is InChI=1S/C30H32N6O3S/c1-4-20-12-8-9-13-23(20)36(30(39)27-24(31)25(28(32)37)34-40-27)26(21-14-16-22(17-15-21)35(2)3)29(38)33-18-19-10-6-5-7-11-19/h5-17,26H,4,18,31H2,1-3H3,(H2,32,37)(H,33,38). The first-order chi connectivity index (χ1) is 19.2. The monoisotopic (exact) mass is 556 g/mol. The summed E-state index contributed by atoms with van der Waals surface area (Å²) in [5, 5.41) is 3.01. The maximum Gasteiger partial charge on any atom is 0.273 e. The fraction of sp³-hybridized carbons (Fsp3) is 0.200. The van der Waals surface area contributed by atoms with E-state index in [4.69, 9.17) is 11.5 Å². The summed E-state index contributed by atoms with van der Waals surface area (Å²) >= 11 is 0.785. The smallest absolute Gasteiger partial charge is 0.273 e. The van der Waals surface area contributed by atoms with Gasteiger partial charge < -0.3 is 21.7 Å². The molecule has 9 nitrogen and oxygen atoms in total. The van der Waals surface area contributed by atoms with E-state index in [0.29, 0.717) is 17.7 Å². The van der Waals surface area contributed by atoms with E-state index in [9.17, 15) is 14.4 Å². The second-order valence-electron chi connectivity index (χ2n) is 9.39. The number of primary amides is 1. The van der Waals surface area contributed by atoms with E-state index in [1.807, 2.05) is 98.7 Å². The Morgan fingerprint density at radius 3 is 2.20 bits per heavy atom. The lowest BCUT2D eigenvalue weighted by molar-refractivity contribution is -0.122. The summed E-state index contributed by atoms with van der Waals surface area (Å²) in [6.45, 7) is 2.25. The summed E-state index contributed by atoms with van der Waals surface area (Å²) in [6, 6.07) is 23.3. The van der Waals surface area contributed by atoms with Gasteiger partial charge in [-0.1, -0.05) is 67.6 Å². The van der Waals surface area contributed by atoms with Crippen molar-refractivity contribution < 1.29 is 14.4 Å². The molecule has 0 aliphatic carbocycles. The van der Waals surface area contributed by atoms with Crippen LogP contribution in [0.25, 0.3) is 0 Å². The first-order valence-electron chi connectivity index (χ1n) is 12.8. The van der Waals surface area contributed by atoms with Crippen LogP contribution in [0.3, 0.4) is 0 Å². The minimum absolute atomic E-state index is 0.0328. The van der Waals surface area contributed by atoms with Crippen molar-refractivity contribution >= 4 is 46.3 Å². The molecule has 0 aliphatic rings. The summed E-state index contributed by atoms with van der Waals surface area (Å²) in [7, 11) is 3.85. The molecule has 3 amide bonds. The van der Waals surface area contributed by atoms with Crippen LogP contribution in [0.15, 0.2) is 78.9 Å². The zero-order valence-corrected chi connectivity index (χ0v) is 23.4. The van der Waals surface area contributed by atoms with Gasteiger partial charge in [-0.05, 0) is 52.8 Å². The van der Waals surface area contributed by atoms with Gasteiger partial charge in [-0.2, -0.15) is 4.37 Å². The molecule has 1 unspecified atom stereocenters. The number of amides is 3. The molecular weight excluding hydrogens is 524 g/mol. The Morgan fingerprint density at radius 2 is 1.60 bits per heavy atom. The van der Waals surface area contributed by atoms with Crippen molar-refractivity contribution in [2.24, 2.45) is 5.73 Å². The van der Waals surface area contributed by atoms with Crippen LogP contribution in [-0.2, 0) is 17.8 Å². The average Bonchev–Trinajstić information content (AvgIpc) is 3.36. The number of anilines is 3. The third-order valence-corrected chi connectivity index (χ3v) is 7.40. The molecule has 4 aromatic rings. The van der Waals surface area contributed by atoms with Crippen molar-refractivity contribution in [1.82, 2.24) is 9.69 Å². The lowest BCUT2D eigenvalue weighted by Gasteiger charge is -2.33. The molecule has 0 spiro atoms. The molecule has 0 saturated heterocycles. The highest BCUT2D eigenvalue weighted by molar-refractivity contribution is 7.09. The topological polar surface area (TPSA) is 135 Å². The van der Waals surface area contributed by atoms with Gasteiger partial charge in [0.2, 0.25) is 5.91 Å². The lowest BCUT2D eigenvalue weighted by atomic mass is 9.99. The molecule has 0 aliphatic heterocycles. The Balaban J connectivity index is 1.87. The van der Waals surface area contributed by atoms with Gasteiger partial charge in [-0.3, -0.25) is 19.3 Å². The minimum Gasteiger partial charge on any atom is -0.395 e. The molecular formula is C30H32N6O3S. The molecule has 1 aromatic heterocycles. The van der Waals surface area contributed by atoms with E-state index in [1.165, 1.54) is 4.90 Å². The van der Waals surface area contributed by atoms with Crippen LogP contribution < -0.4 is 26.6 Å². The van der Waals surface area contributed by atoms with E-state index in [-0.39, 0.29) is 28.7 Å². The Kier molecular flexibility index (Phi) is 8.80. The number of rotatable bonds is 10. The number of hydrogen-bond acceptors (Lipinski definition) is 7. The SMILES string of the molecule is CCc1ccccc1N(C(=O)c1snc(C(N)=O)c1N)C(C(=O)NCc1ccccc1)c1ccc(N(C)C)cc1. The molecule has 0 fully saturated rings. The highest BCUT2D eigenvalue weighted by Gasteiger charge is 2.36. The van der Waals surface area contributed by atoms with Gasteiger partial charge in [-0.25, -0.2) is 0 Å². The number of nitrogens with one attached hydrogen (secondary N) is 1. The molecule has 0 saturated carbocycles. The number of nitrogens with zero attached hydrogens (tertiary/aromatic N) is 3. The van der Waals surface area contributed by atoms with Crippen molar-refractivity contribution in [3.63, 3.8) is 0 Å². The highest BCUT2D eigenvalue weighted by atomic mass is 32.1. The highest BCUT2D eigenvalue weighted by Crippen LogP contribution is 2.35. The molecule has 4 rings (SSSR count). The molecule has 1 heterocycles. The number of aryl methyl sites for hydroxylation is 1. The molecule has 10 heteroatoms.